The standard InChI is InChI=1S/C19H13ClN2O3S/c1-11(17-21-22-18(25-17)12-7-3-2-4-8-12)24-19(23)16-15(20)13-9-5-6-10-14(13)26-16/h2-11H,1H3/t11-/m1/s1. The van der Waals surface area contributed by atoms with Gasteiger partial charge in [-0.05, 0) is 25.1 Å². The van der Waals surface area contributed by atoms with Crippen LogP contribution >= 0.6 is 22.9 Å². The van der Waals surface area contributed by atoms with E-state index in [9.17, 15) is 4.79 Å². The highest BCUT2D eigenvalue weighted by atomic mass is 35.5. The Balaban J connectivity index is 1.54. The van der Waals surface area contributed by atoms with Gasteiger partial charge in [0.25, 0.3) is 5.89 Å². The number of fused-ring (bicyclic) bond motifs is 1. The van der Waals surface area contributed by atoms with Crippen molar-refractivity contribution in [3.8, 4) is 11.5 Å². The largest absolute Gasteiger partial charge is 0.448 e. The van der Waals surface area contributed by atoms with Gasteiger partial charge in [0.2, 0.25) is 5.89 Å². The lowest BCUT2D eigenvalue weighted by atomic mass is 10.2. The molecular weight excluding hydrogens is 372 g/mol. The number of esters is 1. The Labute approximate surface area is 158 Å². The Morgan fingerprint density at radius 1 is 1.12 bits per heavy atom. The molecule has 0 amide bonds. The minimum atomic E-state index is -0.686. The fourth-order valence-corrected chi connectivity index (χ4v) is 3.90. The zero-order chi connectivity index (χ0) is 18.1. The second-order valence-corrected chi connectivity index (χ2v) is 7.03. The molecule has 0 bridgehead atoms. The molecule has 0 aliphatic rings. The Morgan fingerprint density at radius 2 is 1.85 bits per heavy atom. The molecular formula is C19H13ClN2O3S. The summed E-state index contributed by atoms with van der Waals surface area (Å²) in [5, 5.41) is 9.23. The van der Waals surface area contributed by atoms with Gasteiger partial charge in [-0.25, -0.2) is 4.79 Å². The van der Waals surface area contributed by atoms with Crippen molar-refractivity contribution in [3.05, 3.63) is 70.4 Å². The van der Waals surface area contributed by atoms with Crippen molar-refractivity contribution >= 4 is 39.0 Å². The summed E-state index contributed by atoms with van der Waals surface area (Å²) in [6.07, 6.45) is -0.686. The van der Waals surface area contributed by atoms with Gasteiger partial charge < -0.3 is 9.15 Å². The van der Waals surface area contributed by atoms with Crippen LogP contribution < -0.4 is 0 Å². The molecule has 5 nitrogen and oxygen atoms in total. The van der Waals surface area contributed by atoms with Crippen LogP contribution in [0.25, 0.3) is 21.5 Å². The zero-order valence-corrected chi connectivity index (χ0v) is 15.3. The van der Waals surface area contributed by atoms with E-state index in [2.05, 4.69) is 10.2 Å². The number of carbonyl (C=O) groups is 1. The Bertz CT molecular complexity index is 1070. The molecule has 0 radical (unpaired) electrons. The summed E-state index contributed by atoms with van der Waals surface area (Å²) < 4.78 is 12.0. The second kappa shape index (κ2) is 6.90. The van der Waals surface area contributed by atoms with Gasteiger partial charge in [-0.3, -0.25) is 0 Å². The normalized spacial score (nSPS) is 12.2. The van der Waals surface area contributed by atoms with Crippen LogP contribution in [0.1, 0.15) is 28.6 Å². The molecule has 4 aromatic rings. The van der Waals surface area contributed by atoms with Gasteiger partial charge in [0.15, 0.2) is 6.10 Å². The lowest BCUT2D eigenvalue weighted by molar-refractivity contribution is 0.0286. The van der Waals surface area contributed by atoms with Crippen molar-refractivity contribution in [3.63, 3.8) is 0 Å². The topological polar surface area (TPSA) is 65.2 Å². The first-order valence-electron chi connectivity index (χ1n) is 7.90. The van der Waals surface area contributed by atoms with E-state index in [1.54, 1.807) is 6.92 Å². The van der Waals surface area contributed by atoms with Crippen LogP contribution in [0, 0.1) is 0 Å². The van der Waals surface area contributed by atoms with Crippen molar-refractivity contribution in [2.75, 3.05) is 0 Å². The maximum atomic E-state index is 12.5. The fraction of sp³-hybridized carbons (Fsp3) is 0.105. The zero-order valence-electron chi connectivity index (χ0n) is 13.7. The van der Waals surface area contributed by atoms with Gasteiger partial charge in [0, 0.05) is 15.6 Å². The Morgan fingerprint density at radius 3 is 2.62 bits per heavy atom. The molecule has 1 atom stereocenters. The van der Waals surface area contributed by atoms with E-state index in [1.165, 1.54) is 11.3 Å². The molecule has 0 aliphatic heterocycles. The number of aromatic nitrogens is 2. The third-order valence-electron chi connectivity index (χ3n) is 3.81. The van der Waals surface area contributed by atoms with Crippen LogP contribution in [0.2, 0.25) is 5.02 Å². The molecule has 130 valence electrons. The van der Waals surface area contributed by atoms with Crippen LogP contribution in [0.5, 0.6) is 0 Å². The Kier molecular flexibility index (Phi) is 4.44. The second-order valence-electron chi connectivity index (χ2n) is 5.60. The van der Waals surface area contributed by atoms with Crippen LogP contribution in [0.3, 0.4) is 0 Å². The molecule has 0 aliphatic carbocycles. The summed E-state index contributed by atoms with van der Waals surface area (Å²) in [5.41, 5.74) is 0.803. The van der Waals surface area contributed by atoms with E-state index < -0.39 is 12.1 Å². The first-order chi connectivity index (χ1) is 12.6. The predicted molar refractivity (Wildman–Crippen MR) is 100 cm³/mol. The number of benzene rings is 2. The maximum Gasteiger partial charge on any atom is 0.350 e. The molecule has 26 heavy (non-hydrogen) atoms. The van der Waals surface area contributed by atoms with Gasteiger partial charge >= 0.3 is 5.97 Å². The third kappa shape index (κ3) is 3.09. The van der Waals surface area contributed by atoms with Gasteiger partial charge in [0.1, 0.15) is 4.88 Å². The average Bonchev–Trinajstić information content (AvgIpc) is 3.28. The highest BCUT2D eigenvalue weighted by Crippen LogP contribution is 2.36. The summed E-state index contributed by atoms with van der Waals surface area (Å²) in [5.74, 6) is 0.0981. The molecule has 0 unspecified atom stereocenters. The number of carbonyl (C=O) groups excluding carboxylic acids is 1. The minimum Gasteiger partial charge on any atom is -0.448 e. The smallest absolute Gasteiger partial charge is 0.350 e. The van der Waals surface area contributed by atoms with Gasteiger partial charge in [-0.15, -0.1) is 21.5 Å². The van der Waals surface area contributed by atoms with E-state index in [1.807, 2.05) is 54.6 Å². The lowest BCUT2D eigenvalue weighted by Gasteiger charge is -2.08. The first-order valence-corrected chi connectivity index (χ1v) is 9.10. The summed E-state index contributed by atoms with van der Waals surface area (Å²) in [6.45, 7) is 1.68. The fourth-order valence-electron chi connectivity index (χ4n) is 2.51. The quantitative estimate of drug-likeness (QED) is 0.433. The highest BCUT2D eigenvalue weighted by Gasteiger charge is 2.23. The number of ether oxygens (including phenoxy) is 1. The van der Waals surface area contributed by atoms with Crippen molar-refractivity contribution in [1.29, 1.82) is 0 Å². The maximum absolute atomic E-state index is 12.5. The molecule has 2 heterocycles. The van der Waals surface area contributed by atoms with Crippen molar-refractivity contribution in [1.82, 2.24) is 10.2 Å². The summed E-state index contributed by atoms with van der Waals surface area (Å²) in [4.78, 5) is 12.9. The average molecular weight is 385 g/mol. The number of nitrogens with zero attached hydrogens (tertiary/aromatic N) is 2. The molecule has 7 heteroatoms. The van der Waals surface area contributed by atoms with Crippen LogP contribution in [-0.2, 0) is 4.74 Å². The van der Waals surface area contributed by atoms with Crippen LogP contribution in [0.4, 0.5) is 0 Å². The molecule has 0 spiro atoms. The van der Waals surface area contributed by atoms with Crippen molar-refractivity contribution < 1.29 is 13.9 Å². The van der Waals surface area contributed by atoms with E-state index in [0.29, 0.717) is 15.8 Å². The van der Waals surface area contributed by atoms with Crippen molar-refractivity contribution in [2.24, 2.45) is 0 Å². The molecule has 4 rings (SSSR count). The highest BCUT2D eigenvalue weighted by molar-refractivity contribution is 7.21. The lowest BCUT2D eigenvalue weighted by Crippen LogP contribution is -2.08. The van der Waals surface area contributed by atoms with Gasteiger partial charge in [-0.2, -0.15) is 0 Å². The Hall–Kier alpha value is -2.70. The summed E-state index contributed by atoms with van der Waals surface area (Å²) >= 11 is 7.62. The molecule has 0 N–H and O–H groups in total. The minimum absolute atomic E-state index is 0.231. The van der Waals surface area contributed by atoms with E-state index >= 15 is 0 Å². The monoisotopic (exact) mass is 384 g/mol. The number of thiophene rings is 1. The molecule has 2 aromatic carbocycles. The van der Waals surface area contributed by atoms with Gasteiger partial charge in [-0.1, -0.05) is 48.0 Å². The number of hydrogen-bond acceptors (Lipinski definition) is 6. The molecule has 2 aromatic heterocycles. The molecule has 0 saturated heterocycles. The van der Waals surface area contributed by atoms with Crippen molar-refractivity contribution in [2.45, 2.75) is 13.0 Å². The van der Waals surface area contributed by atoms with Crippen LogP contribution in [-0.4, -0.2) is 16.2 Å². The summed E-state index contributed by atoms with van der Waals surface area (Å²) in [6, 6.07) is 17.0. The number of halogens is 1. The SMILES string of the molecule is C[C@@H](OC(=O)c1sc2ccccc2c1Cl)c1nnc(-c2ccccc2)o1. The number of hydrogen-bond donors (Lipinski definition) is 0. The predicted octanol–water partition coefficient (Wildman–Crippen LogP) is 5.52. The van der Waals surface area contributed by atoms with E-state index in [4.69, 9.17) is 20.8 Å². The first kappa shape index (κ1) is 16.8. The summed E-state index contributed by atoms with van der Waals surface area (Å²) in [7, 11) is 0. The molecule has 0 saturated carbocycles. The van der Waals surface area contributed by atoms with Gasteiger partial charge in [0.05, 0.1) is 5.02 Å². The van der Waals surface area contributed by atoms with Crippen LogP contribution in [0.15, 0.2) is 59.0 Å². The van der Waals surface area contributed by atoms with E-state index in [0.717, 1.165) is 15.6 Å². The molecule has 0 fully saturated rings. The third-order valence-corrected chi connectivity index (χ3v) is 5.47. The number of rotatable bonds is 4. The van der Waals surface area contributed by atoms with E-state index in [-0.39, 0.29) is 5.89 Å².